The van der Waals surface area contributed by atoms with Crippen LogP contribution in [0.4, 0.5) is 0 Å². The molecular weight excluding hydrogens is 226 g/mol. The number of nitrogens with one attached hydrogen (secondary N) is 1. The molecule has 0 aromatic carbocycles. The van der Waals surface area contributed by atoms with Gasteiger partial charge in [-0.1, -0.05) is 0 Å². The first kappa shape index (κ1) is 12.4. The van der Waals surface area contributed by atoms with Gasteiger partial charge in [-0.25, -0.2) is 0 Å². The molecule has 4 heteroatoms. The van der Waals surface area contributed by atoms with Crippen molar-refractivity contribution in [3.63, 3.8) is 0 Å². The molecular formula is C14H25N3O. The van der Waals surface area contributed by atoms with Crippen molar-refractivity contribution in [1.82, 2.24) is 15.1 Å². The maximum absolute atomic E-state index is 12.2. The molecule has 1 amide bonds. The van der Waals surface area contributed by atoms with Crippen molar-refractivity contribution < 1.29 is 4.79 Å². The highest BCUT2D eigenvalue weighted by atomic mass is 16.2. The van der Waals surface area contributed by atoms with Crippen molar-refractivity contribution in [1.29, 1.82) is 0 Å². The third-order valence-electron chi connectivity index (χ3n) is 4.81. The number of carbonyl (C=O) groups is 1. The summed E-state index contributed by atoms with van der Waals surface area (Å²) in [6.07, 6.45) is 6.20. The van der Waals surface area contributed by atoms with E-state index in [-0.39, 0.29) is 0 Å². The Morgan fingerprint density at radius 3 is 2.78 bits per heavy atom. The molecule has 3 aliphatic heterocycles. The molecule has 0 aromatic heterocycles. The van der Waals surface area contributed by atoms with Crippen LogP contribution < -0.4 is 5.32 Å². The number of carbonyl (C=O) groups excluding carboxylic acids is 1. The average molecular weight is 251 g/mol. The molecule has 0 aliphatic carbocycles. The highest BCUT2D eigenvalue weighted by Gasteiger charge is 2.33. The van der Waals surface area contributed by atoms with Gasteiger partial charge in [-0.05, 0) is 44.6 Å². The molecule has 3 heterocycles. The molecule has 3 fully saturated rings. The molecule has 0 radical (unpaired) electrons. The van der Waals surface area contributed by atoms with Crippen LogP contribution in [-0.4, -0.2) is 61.0 Å². The van der Waals surface area contributed by atoms with E-state index in [1.807, 2.05) is 0 Å². The van der Waals surface area contributed by atoms with Crippen LogP contribution >= 0.6 is 0 Å². The second-order valence-electron chi connectivity index (χ2n) is 6.07. The number of hydrogen-bond acceptors (Lipinski definition) is 3. The smallest absolute Gasteiger partial charge is 0.236 e. The number of likely N-dealkylation sites (tertiary alicyclic amines) is 2. The fourth-order valence-corrected chi connectivity index (χ4v) is 3.70. The molecule has 3 saturated heterocycles. The molecule has 102 valence electrons. The van der Waals surface area contributed by atoms with E-state index in [1.165, 1.54) is 38.6 Å². The Bertz CT molecular complexity index is 301. The summed E-state index contributed by atoms with van der Waals surface area (Å²) in [6, 6.07) is 0.728. The van der Waals surface area contributed by atoms with Gasteiger partial charge in [0.05, 0.1) is 6.54 Å². The highest BCUT2D eigenvalue weighted by molar-refractivity contribution is 5.78. The lowest BCUT2D eigenvalue weighted by molar-refractivity contribution is -0.133. The molecule has 2 atom stereocenters. The van der Waals surface area contributed by atoms with Crippen LogP contribution in [0.25, 0.3) is 0 Å². The van der Waals surface area contributed by atoms with E-state index in [9.17, 15) is 4.79 Å². The summed E-state index contributed by atoms with van der Waals surface area (Å²) < 4.78 is 0. The second kappa shape index (κ2) is 5.57. The van der Waals surface area contributed by atoms with Crippen molar-refractivity contribution >= 4 is 5.91 Å². The molecule has 0 saturated carbocycles. The van der Waals surface area contributed by atoms with Crippen molar-refractivity contribution in [2.45, 2.75) is 38.1 Å². The standard InChI is InChI=1S/C14H25N3O/c18-14(17-7-2-1-3-8-17)11-16-9-5-13-12(10-16)4-6-15-13/h12-13,15H,1-11H2. The third kappa shape index (κ3) is 2.69. The zero-order valence-corrected chi connectivity index (χ0v) is 11.2. The number of hydrogen-bond donors (Lipinski definition) is 1. The SMILES string of the molecule is O=C(CN1CCC2NCCC2C1)N1CCCCC1. The van der Waals surface area contributed by atoms with Crippen molar-refractivity contribution in [3.8, 4) is 0 Å². The normalized spacial score (nSPS) is 33.4. The summed E-state index contributed by atoms with van der Waals surface area (Å²) >= 11 is 0. The highest BCUT2D eigenvalue weighted by Crippen LogP contribution is 2.24. The lowest BCUT2D eigenvalue weighted by Gasteiger charge is -2.36. The maximum Gasteiger partial charge on any atom is 0.236 e. The molecule has 0 aromatic rings. The predicted octanol–water partition coefficient (Wildman–Crippen LogP) is 0.683. The topological polar surface area (TPSA) is 35.6 Å². The second-order valence-corrected chi connectivity index (χ2v) is 6.07. The number of amides is 1. The lowest BCUT2D eigenvalue weighted by Crippen LogP contribution is -2.49. The van der Waals surface area contributed by atoms with E-state index in [4.69, 9.17) is 0 Å². The van der Waals surface area contributed by atoms with E-state index in [0.29, 0.717) is 12.5 Å². The molecule has 18 heavy (non-hydrogen) atoms. The van der Waals surface area contributed by atoms with E-state index in [2.05, 4.69) is 15.1 Å². The van der Waals surface area contributed by atoms with Crippen LogP contribution in [0.1, 0.15) is 32.1 Å². The Hall–Kier alpha value is -0.610. The van der Waals surface area contributed by atoms with Crippen LogP contribution in [0.15, 0.2) is 0 Å². The number of nitrogens with zero attached hydrogens (tertiary/aromatic N) is 2. The quantitative estimate of drug-likeness (QED) is 0.784. The van der Waals surface area contributed by atoms with Gasteiger partial charge in [0, 0.05) is 32.2 Å². The number of fused-ring (bicyclic) bond motifs is 1. The van der Waals surface area contributed by atoms with Gasteiger partial charge in [0.2, 0.25) is 5.91 Å². The van der Waals surface area contributed by atoms with Crippen molar-refractivity contribution in [2.75, 3.05) is 39.3 Å². The van der Waals surface area contributed by atoms with Crippen LogP contribution in [-0.2, 0) is 4.79 Å². The lowest BCUT2D eigenvalue weighted by atomic mass is 9.93. The minimum Gasteiger partial charge on any atom is -0.342 e. The maximum atomic E-state index is 12.2. The van der Waals surface area contributed by atoms with E-state index in [0.717, 1.165) is 38.1 Å². The number of piperidine rings is 2. The summed E-state index contributed by atoms with van der Waals surface area (Å²) in [4.78, 5) is 16.7. The first-order chi connectivity index (χ1) is 8.83. The first-order valence-electron chi connectivity index (χ1n) is 7.56. The van der Waals surface area contributed by atoms with E-state index < -0.39 is 0 Å². The van der Waals surface area contributed by atoms with E-state index >= 15 is 0 Å². The summed E-state index contributed by atoms with van der Waals surface area (Å²) in [5, 5.41) is 3.57. The third-order valence-corrected chi connectivity index (χ3v) is 4.81. The van der Waals surface area contributed by atoms with Crippen LogP contribution in [0.3, 0.4) is 0 Å². The fourth-order valence-electron chi connectivity index (χ4n) is 3.70. The summed E-state index contributed by atoms with van der Waals surface area (Å²) in [5.41, 5.74) is 0. The van der Waals surface area contributed by atoms with Crippen LogP contribution in [0.2, 0.25) is 0 Å². The predicted molar refractivity (Wildman–Crippen MR) is 71.4 cm³/mol. The van der Waals surface area contributed by atoms with Gasteiger partial charge >= 0.3 is 0 Å². The molecule has 0 bridgehead atoms. The zero-order chi connectivity index (χ0) is 12.4. The van der Waals surface area contributed by atoms with Gasteiger partial charge in [0.15, 0.2) is 0 Å². The fraction of sp³-hybridized carbons (Fsp3) is 0.929. The minimum absolute atomic E-state index is 0.360. The van der Waals surface area contributed by atoms with Gasteiger partial charge in [-0.15, -0.1) is 0 Å². The minimum atomic E-state index is 0.360. The van der Waals surface area contributed by atoms with Crippen molar-refractivity contribution in [2.24, 2.45) is 5.92 Å². The van der Waals surface area contributed by atoms with Crippen LogP contribution in [0.5, 0.6) is 0 Å². The largest absolute Gasteiger partial charge is 0.342 e. The Morgan fingerprint density at radius 1 is 1.11 bits per heavy atom. The van der Waals surface area contributed by atoms with Gasteiger partial charge in [0.25, 0.3) is 0 Å². The van der Waals surface area contributed by atoms with E-state index in [1.54, 1.807) is 0 Å². The summed E-state index contributed by atoms with van der Waals surface area (Å²) in [7, 11) is 0. The van der Waals surface area contributed by atoms with Gasteiger partial charge in [-0.3, -0.25) is 9.69 Å². The molecule has 1 N–H and O–H groups in total. The van der Waals surface area contributed by atoms with Gasteiger partial charge < -0.3 is 10.2 Å². The molecule has 4 nitrogen and oxygen atoms in total. The Kier molecular flexibility index (Phi) is 3.85. The molecule has 2 unspecified atom stereocenters. The average Bonchev–Trinajstić information content (AvgIpc) is 2.87. The summed E-state index contributed by atoms with van der Waals surface area (Å²) in [6.45, 7) is 6.01. The zero-order valence-electron chi connectivity index (χ0n) is 11.2. The van der Waals surface area contributed by atoms with Crippen molar-refractivity contribution in [3.05, 3.63) is 0 Å². The van der Waals surface area contributed by atoms with Gasteiger partial charge in [0.1, 0.15) is 0 Å². The van der Waals surface area contributed by atoms with Gasteiger partial charge in [-0.2, -0.15) is 0 Å². The molecule has 3 rings (SSSR count). The Labute approximate surface area is 110 Å². The Balaban J connectivity index is 1.48. The summed E-state index contributed by atoms with van der Waals surface area (Å²) in [5.74, 6) is 1.15. The Morgan fingerprint density at radius 2 is 1.94 bits per heavy atom. The van der Waals surface area contributed by atoms with Crippen LogP contribution in [0, 0.1) is 5.92 Å². The molecule has 0 spiro atoms. The monoisotopic (exact) mass is 251 g/mol. The molecule has 3 aliphatic rings. The number of rotatable bonds is 2. The first-order valence-corrected chi connectivity index (χ1v) is 7.56.